The van der Waals surface area contributed by atoms with Gasteiger partial charge in [0.15, 0.2) is 0 Å². The van der Waals surface area contributed by atoms with Crippen LogP contribution in [-0.2, 0) is 47.7 Å². The Morgan fingerprint density at radius 1 is 0.731 bits per heavy atom. The van der Waals surface area contributed by atoms with Crippen LogP contribution in [0.15, 0.2) is 48.8 Å². The molecular formula is C13H16N2NiO8S2+2. The van der Waals surface area contributed by atoms with Gasteiger partial charge >= 0.3 is 16.5 Å². The molecule has 0 aliphatic carbocycles. The van der Waals surface area contributed by atoms with Crippen LogP contribution < -0.4 is 0 Å². The van der Waals surface area contributed by atoms with E-state index >= 15 is 0 Å². The van der Waals surface area contributed by atoms with Crippen molar-refractivity contribution >= 4 is 42.0 Å². The van der Waals surface area contributed by atoms with Gasteiger partial charge in [0.05, 0.1) is 11.0 Å². The van der Waals surface area contributed by atoms with E-state index < -0.39 is 25.3 Å². The van der Waals surface area contributed by atoms with Crippen molar-refractivity contribution in [1.82, 2.24) is 9.97 Å². The molecule has 0 radical (unpaired) electrons. The van der Waals surface area contributed by atoms with Crippen LogP contribution in [0.5, 0.6) is 0 Å². The number of fused-ring (bicyclic) bond motifs is 3. The third-order valence-corrected chi connectivity index (χ3v) is 4.94. The molecule has 2 heterocycles. The standard InChI is InChI=1S/C12H8N2.CH4O6S2.Ni.2H2O/c1-3-9-5-6-10-4-2-8-14-12(10)11(9)13-7-1;2-8(3,4)1-9(5,6)7;;;/h1-8H;1H2,(H,2,3,4)(H,5,6,7);;2*1H2/q;;+2;;. The van der Waals surface area contributed by atoms with Crippen molar-refractivity contribution in [3.05, 3.63) is 48.8 Å². The van der Waals surface area contributed by atoms with Crippen LogP contribution in [0.3, 0.4) is 0 Å². The Morgan fingerprint density at radius 2 is 1.08 bits per heavy atom. The van der Waals surface area contributed by atoms with Crippen molar-refractivity contribution in [2.75, 3.05) is 5.08 Å². The first-order chi connectivity index (χ1) is 10.7. The third kappa shape index (κ3) is 8.10. The van der Waals surface area contributed by atoms with Gasteiger partial charge in [-0.25, -0.2) is 16.8 Å². The van der Waals surface area contributed by atoms with Gasteiger partial charge in [0.2, 0.25) is 0 Å². The second-order valence-electron chi connectivity index (χ2n) is 4.45. The molecule has 0 saturated carbocycles. The molecule has 26 heavy (non-hydrogen) atoms. The Bertz CT molecular complexity index is 973. The predicted octanol–water partition coefficient (Wildman–Crippen LogP) is -1.03. The molecule has 13 heteroatoms. The molecule has 0 atom stereocenters. The first-order valence-electron chi connectivity index (χ1n) is 6.11. The van der Waals surface area contributed by atoms with Crippen molar-refractivity contribution in [1.29, 1.82) is 0 Å². The average Bonchev–Trinajstić information content (AvgIpc) is 2.44. The van der Waals surface area contributed by atoms with Crippen molar-refractivity contribution < 1.29 is 53.4 Å². The van der Waals surface area contributed by atoms with Crippen molar-refractivity contribution in [2.45, 2.75) is 0 Å². The fraction of sp³-hybridized carbons (Fsp3) is 0.0769. The topological polar surface area (TPSA) is 206 Å². The van der Waals surface area contributed by atoms with Crippen LogP contribution in [0.4, 0.5) is 0 Å². The van der Waals surface area contributed by atoms with Crippen molar-refractivity contribution in [2.24, 2.45) is 0 Å². The van der Waals surface area contributed by atoms with E-state index in [1.165, 1.54) is 0 Å². The van der Waals surface area contributed by atoms with Gasteiger partial charge in [-0.2, -0.15) is 0 Å². The second-order valence-corrected chi connectivity index (χ2v) is 7.62. The molecule has 0 saturated heterocycles. The Kier molecular flexibility index (Phi) is 10.6. The van der Waals surface area contributed by atoms with E-state index in [1.54, 1.807) is 12.4 Å². The zero-order valence-electron chi connectivity index (χ0n) is 13.0. The molecule has 0 aliphatic rings. The molecule has 0 fully saturated rings. The number of rotatable bonds is 2. The third-order valence-electron chi connectivity index (χ3n) is 2.63. The zero-order chi connectivity index (χ0) is 17.1. The normalized spacial score (nSPS) is 10.5. The molecule has 146 valence electrons. The number of benzene rings is 1. The maximum atomic E-state index is 9.51. The van der Waals surface area contributed by atoms with E-state index in [1.807, 2.05) is 12.1 Å². The van der Waals surface area contributed by atoms with Crippen LogP contribution in [0.25, 0.3) is 21.8 Å². The summed E-state index contributed by atoms with van der Waals surface area (Å²) in [6.07, 6.45) is 3.60. The first kappa shape index (κ1) is 26.5. The van der Waals surface area contributed by atoms with Crippen LogP contribution in [0.2, 0.25) is 0 Å². The number of pyridine rings is 2. The molecule has 0 bridgehead atoms. The SMILES string of the molecule is O=S(=O)([O-])CS(=O)(=O)[O-].[Ni+2].[OH3+].[OH3+].c1cnc2c(c1)ccc1cccnc12. The van der Waals surface area contributed by atoms with Gasteiger partial charge in [-0.3, -0.25) is 9.97 Å². The monoisotopic (exact) mass is 450 g/mol. The molecule has 3 rings (SSSR count). The summed E-state index contributed by atoms with van der Waals surface area (Å²) in [5, 5.41) is 0.400. The minimum absolute atomic E-state index is 0. The van der Waals surface area contributed by atoms with E-state index in [9.17, 15) is 25.9 Å². The van der Waals surface area contributed by atoms with Crippen molar-refractivity contribution in [3.63, 3.8) is 0 Å². The Morgan fingerprint density at radius 3 is 1.35 bits per heavy atom. The molecule has 0 spiro atoms. The maximum absolute atomic E-state index is 9.51. The van der Waals surface area contributed by atoms with E-state index in [0.717, 1.165) is 21.8 Å². The molecule has 10 nitrogen and oxygen atoms in total. The number of hydrogen-bond acceptors (Lipinski definition) is 8. The molecule has 6 N–H and O–H groups in total. The van der Waals surface area contributed by atoms with Crippen LogP contribution in [0, 0.1) is 0 Å². The fourth-order valence-corrected chi connectivity index (χ4v) is 3.27. The van der Waals surface area contributed by atoms with Gasteiger partial charge in [-0.15, -0.1) is 0 Å². The summed E-state index contributed by atoms with van der Waals surface area (Å²) in [4.78, 5) is 8.69. The smallest absolute Gasteiger partial charge is 0.747 e. The minimum Gasteiger partial charge on any atom is -0.747 e. The predicted molar refractivity (Wildman–Crippen MR) is 91.0 cm³/mol. The van der Waals surface area contributed by atoms with Crippen molar-refractivity contribution in [3.8, 4) is 0 Å². The average molecular weight is 451 g/mol. The molecule has 2 aromatic heterocycles. The zero-order valence-corrected chi connectivity index (χ0v) is 15.6. The van der Waals surface area contributed by atoms with Gasteiger partial charge in [0.25, 0.3) is 0 Å². The molecule has 3 aromatic rings. The Hall–Kier alpha value is -1.73. The summed E-state index contributed by atoms with van der Waals surface area (Å²) in [5.41, 5.74) is 1.95. The number of nitrogens with zero attached hydrogens (tertiary/aromatic N) is 2. The maximum Gasteiger partial charge on any atom is 2.00 e. The fourth-order valence-electron chi connectivity index (χ4n) is 1.86. The molecule has 0 aliphatic heterocycles. The quantitative estimate of drug-likeness (QED) is 0.203. The molecule has 0 amide bonds. The van der Waals surface area contributed by atoms with E-state index in [2.05, 4.69) is 34.2 Å². The first-order valence-corrected chi connectivity index (χ1v) is 9.27. The number of aromatic nitrogens is 2. The van der Waals surface area contributed by atoms with Gasteiger partial charge in [-0.1, -0.05) is 24.3 Å². The van der Waals surface area contributed by atoms with Gasteiger partial charge in [0, 0.05) is 23.2 Å². The summed E-state index contributed by atoms with van der Waals surface area (Å²) in [6.45, 7) is 0. The Labute approximate surface area is 159 Å². The second kappa shape index (κ2) is 10.4. The largest absolute Gasteiger partial charge is 2.00 e. The minimum atomic E-state index is -4.93. The van der Waals surface area contributed by atoms with Crippen LogP contribution in [-0.4, -0.2) is 41.0 Å². The molecular weight excluding hydrogens is 435 g/mol. The van der Waals surface area contributed by atoms with Gasteiger partial charge in [0.1, 0.15) is 25.3 Å². The summed E-state index contributed by atoms with van der Waals surface area (Å²) >= 11 is 0. The van der Waals surface area contributed by atoms with Crippen LogP contribution >= 0.6 is 0 Å². The summed E-state index contributed by atoms with van der Waals surface area (Å²) < 4.78 is 57.1. The molecule has 0 unspecified atom stereocenters. The van der Waals surface area contributed by atoms with E-state index in [0.29, 0.717) is 0 Å². The van der Waals surface area contributed by atoms with Crippen LogP contribution in [0.1, 0.15) is 0 Å². The van der Waals surface area contributed by atoms with Gasteiger partial charge in [-0.05, 0) is 12.1 Å². The summed E-state index contributed by atoms with van der Waals surface area (Å²) in [5.74, 6) is 0. The van der Waals surface area contributed by atoms with E-state index in [4.69, 9.17) is 0 Å². The van der Waals surface area contributed by atoms with Gasteiger partial charge < -0.3 is 20.1 Å². The summed E-state index contributed by atoms with van der Waals surface area (Å²) in [7, 11) is -9.86. The molecule has 1 aromatic carbocycles. The Balaban J connectivity index is 0. The van der Waals surface area contributed by atoms with E-state index in [-0.39, 0.29) is 27.4 Å². The summed E-state index contributed by atoms with van der Waals surface area (Å²) in [6, 6.07) is 12.1. The number of hydrogen-bond donors (Lipinski definition) is 0.